The van der Waals surface area contributed by atoms with Crippen LogP contribution in [0.4, 0.5) is 0 Å². The minimum atomic E-state index is -1.30. The van der Waals surface area contributed by atoms with Gasteiger partial charge in [-0.3, -0.25) is 9.00 Å². The second-order valence-corrected chi connectivity index (χ2v) is 5.97. The van der Waals surface area contributed by atoms with Crippen LogP contribution in [0.25, 0.3) is 0 Å². The van der Waals surface area contributed by atoms with Crippen molar-refractivity contribution in [3.05, 3.63) is 29.8 Å². The van der Waals surface area contributed by atoms with Crippen LogP contribution in [0.2, 0.25) is 0 Å². The summed E-state index contributed by atoms with van der Waals surface area (Å²) in [6.45, 7) is 1.95. The van der Waals surface area contributed by atoms with Crippen LogP contribution in [0.3, 0.4) is 0 Å². The monoisotopic (exact) mass is 252 g/mol. The first kappa shape index (κ1) is 12.3. The van der Waals surface area contributed by atoms with Crippen LogP contribution in [0.5, 0.6) is 0 Å². The van der Waals surface area contributed by atoms with Crippen LogP contribution >= 0.6 is 0 Å². The summed E-state index contributed by atoms with van der Waals surface area (Å²) in [5.74, 6) is -0.129. The Balaban J connectivity index is 2.24. The number of carbonyl (C=O) groups is 1. The number of rotatable bonds is 4. The summed E-state index contributed by atoms with van der Waals surface area (Å²) >= 11 is 0. The fourth-order valence-electron chi connectivity index (χ4n) is 1.86. The maximum Gasteiger partial charge on any atom is 0.322 e. The molecule has 1 saturated carbocycles. The summed E-state index contributed by atoms with van der Waals surface area (Å²) in [4.78, 5) is 12.4. The summed E-state index contributed by atoms with van der Waals surface area (Å²) in [6.07, 6.45) is 1.94. The van der Waals surface area contributed by atoms with E-state index in [1.807, 2.05) is 25.1 Å². The SMILES string of the molecule is COC(=O)C(C1CC1)S(=O)c1cccc(C)c1. The molecule has 0 saturated heterocycles. The van der Waals surface area contributed by atoms with E-state index in [4.69, 9.17) is 4.74 Å². The fraction of sp³-hybridized carbons (Fsp3) is 0.462. The van der Waals surface area contributed by atoms with Crippen molar-refractivity contribution in [3.8, 4) is 0 Å². The van der Waals surface area contributed by atoms with Crippen molar-refractivity contribution in [2.45, 2.75) is 29.9 Å². The average molecular weight is 252 g/mol. The van der Waals surface area contributed by atoms with Crippen LogP contribution in [0.1, 0.15) is 18.4 Å². The van der Waals surface area contributed by atoms with Gasteiger partial charge < -0.3 is 4.74 Å². The molecule has 2 unspecified atom stereocenters. The number of methoxy groups -OCH3 is 1. The third kappa shape index (κ3) is 2.75. The second kappa shape index (κ2) is 5.00. The van der Waals surface area contributed by atoms with Gasteiger partial charge in [0.25, 0.3) is 0 Å². The smallest absolute Gasteiger partial charge is 0.322 e. The highest BCUT2D eigenvalue weighted by atomic mass is 32.2. The molecule has 0 amide bonds. The van der Waals surface area contributed by atoms with Crippen LogP contribution in [0, 0.1) is 12.8 Å². The van der Waals surface area contributed by atoms with Crippen LogP contribution < -0.4 is 0 Å². The Morgan fingerprint density at radius 3 is 2.71 bits per heavy atom. The van der Waals surface area contributed by atoms with Gasteiger partial charge in [0.05, 0.1) is 17.9 Å². The van der Waals surface area contributed by atoms with Gasteiger partial charge in [0.1, 0.15) is 5.25 Å². The van der Waals surface area contributed by atoms with Gasteiger partial charge in [0.15, 0.2) is 0 Å². The maximum atomic E-state index is 12.4. The molecule has 0 N–H and O–H groups in total. The molecular weight excluding hydrogens is 236 g/mol. The van der Waals surface area contributed by atoms with Crippen molar-refractivity contribution in [1.82, 2.24) is 0 Å². The summed E-state index contributed by atoms with van der Waals surface area (Å²) < 4.78 is 17.1. The second-order valence-electron chi connectivity index (χ2n) is 4.40. The highest BCUT2D eigenvalue weighted by Crippen LogP contribution is 2.37. The first-order valence-electron chi connectivity index (χ1n) is 5.68. The Hall–Kier alpha value is -1.16. The minimum absolute atomic E-state index is 0.226. The van der Waals surface area contributed by atoms with Gasteiger partial charge in [-0.15, -0.1) is 0 Å². The Morgan fingerprint density at radius 2 is 2.18 bits per heavy atom. The lowest BCUT2D eigenvalue weighted by molar-refractivity contribution is -0.140. The number of hydrogen-bond acceptors (Lipinski definition) is 3. The molecule has 0 aromatic heterocycles. The average Bonchev–Trinajstić information content (AvgIpc) is 3.13. The lowest BCUT2D eigenvalue weighted by Crippen LogP contribution is -2.29. The number of esters is 1. The van der Waals surface area contributed by atoms with Crippen molar-refractivity contribution >= 4 is 16.8 Å². The van der Waals surface area contributed by atoms with Crippen LogP contribution in [0.15, 0.2) is 29.2 Å². The van der Waals surface area contributed by atoms with E-state index in [2.05, 4.69) is 0 Å². The number of carbonyl (C=O) groups excluding carboxylic acids is 1. The number of ether oxygens (including phenoxy) is 1. The molecule has 2 atom stereocenters. The lowest BCUT2D eigenvalue weighted by atomic mass is 10.2. The molecule has 1 aromatic rings. The molecule has 92 valence electrons. The van der Waals surface area contributed by atoms with E-state index in [0.717, 1.165) is 18.4 Å². The van der Waals surface area contributed by atoms with Gasteiger partial charge in [-0.05, 0) is 43.4 Å². The maximum absolute atomic E-state index is 12.4. The van der Waals surface area contributed by atoms with E-state index >= 15 is 0 Å². The summed E-state index contributed by atoms with van der Waals surface area (Å²) in [5.41, 5.74) is 1.05. The van der Waals surface area contributed by atoms with E-state index in [9.17, 15) is 9.00 Å². The molecule has 1 aliphatic rings. The van der Waals surface area contributed by atoms with Gasteiger partial charge in [-0.1, -0.05) is 12.1 Å². The molecular formula is C13H16O3S. The lowest BCUT2D eigenvalue weighted by Gasteiger charge is -2.13. The highest BCUT2D eigenvalue weighted by molar-refractivity contribution is 7.86. The van der Waals surface area contributed by atoms with Gasteiger partial charge in [-0.2, -0.15) is 0 Å². The van der Waals surface area contributed by atoms with Crippen molar-refractivity contribution in [2.75, 3.05) is 7.11 Å². The quantitative estimate of drug-likeness (QED) is 0.770. The molecule has 1 aliphatic carbocycles. The Morgan fingerprint density at radius 1 is 1.47 bits per heavy atom. The zero-order valence-electron chi connectivity index (χ0n) is 10.0. The number of aryl methyl sites for hydroxylation is 1. The number of hydrogen-bond donors (Lipinski definition) is 0. The number of benzene rings is 1. The van der Waals surface area contributed by atoms with Crippen molar-refractivity contribution in [3.63, 3.8) is 0 Å². The van der Waals surface area contributed by atoms with E-state index in [1.165, 1.54) is 7.11 Å². The molecule has 0 heterocycles. The molecule has 3 nitrogen and oxygen atoms in total. The van der Waals surface area contributed by atoms with Gasteiger partial charge in [0.2, 0.25) is 0 Å². The molecule has 0 bridgehead atoms. The van der Waals surface area contributed by atoms with Crippen molar-refractivity contribution in [1.29, 1.82) is 0 Å². The topological polar surface area (TPSA) is 43.4 Å². The van der Waals surface area contributed by atoms with Crippen LogP contribution in [-0.2, 0) is 20.3 Å². The molecule has 1 fully saturated rings. The first-order valence-corrected chi connectivity index (χ1v) is 6.90. The Labute approximate surface area is 104 Å². The molecule has 17 heavy (non-hydrogen) atoms. The summed E-state index contributed by atoms with van der Waals surface area (Å²) in [6, 6.07) is 7.49. The van der Waals surface area contributed by atoms with Gasteiger partial charge in [-0.25, -0.2) is 0 Å². The fourth-order valence-corrected chi connectivity index (χ4v) is 3.56. The molecule has 4 heteroatoms. The normalized spacial score (nSPS) is 18.5. The molecule has 0 spiro atoms. The predicted octanol–water partition coefficient (Wildman–Crippen LogP) is 2.05. The molecule has 0 radical (unpaired) electrons. The zero-order valence-corrected chi connectivity index (χ0v) is 10.8. The Kier molecular flexibility index (Phi) is 3.62. The predicted molar refractivity (Wildman–Crippen MR) is 66.1 cm³/mol. The zero-order chi connectivity index (χ0) is 12.4. The van der Waals surface area contributed by atoms with E-state index < -0.39 is 16.0 Å². The first-order chi connectivity index (χ1) is 8.13. The summed E-state index contributed by atoms with van der Waals surface area (Å²) in [5, 5.41) is -0.498. The van der Waals surface area contributed by atoms with Crippen LogP contribution in [-0.4, -0.2) is 22.5 Å². The molecule has 0 aliphatic heterocycles. The minimum Gasteiger partial charge on any atom is -0.468 e. The third-order valence-electron chi connectivity index (χ3n) is 2.94. The largest absolute Gasteiger partial charge is 0.468 e. The highest BCUT2D eigenvalue weighted by Gasteiger charge is 2.41. The summed E-state index contributed by atoms with van der Waals surface area (Å²) in [7, 11) is 0.0487. The van der Waals surface area contributed by atoms with Gasteiger partial charge >= 0.3 is 5.97 Å². The standard InChI is InChI=1S/C13H16O3S/c1-9-4-3-5-11(8-9)17(15)12(10-6-7-10)13(14)16-2/h3-5,8,10,12H,6-7H2,1-2H3. The molecule has 2 rings (SSSR count). The third-order valence-corrected chi connectivity index (χ3v) is 4.69. The molecule has 1 aromatic carbocycles. The van der Waals surface area contributed by atoms with Crippen molar-refractivity contribution < 1.29 is 13.7 Å². The van der Waals surface area contributed by atoms with E-state index in [-0.39, 0.29) is 11.9 Å². The van der Waals surface area contributed by atoms with Gasteiger partial charge in [0, 0.05) is 4.90 Å². The Bertz CT molecular complexity index is 452. The van der Waals surface area contributed by atoms with E-state index in [1.54, 1.807) is 6.07 Å². The van der Waals surface area contributed by atoms with Crippen molar-refractivity contribution in [2.24, 2.45) is 5.92 Å². The van der Waals surface area contributed by atoms with E-state index in [0.29, 0.717) is 4.90 Å².